The summed E-state index contributed by atoms with van der Waals surface area (Å²) in [5.41, 5.74) is 5.19. The zero-order chi connectivity index (χ0) is 19.5. The average molecular weight is 394 g/mol. The Bertz CT molecular complexity index is 888. The number of hydrogen-bond acceptors (Lipinski definition) is 2. The minimum Gasteiger partial charge on any atom is -0.299 e. The number of nitrogens with zero attached hydrogens (tertiary/aromatic N) is 3. The van der Waals surface area contributed by atoms with Gasteiger partial charge in [0.15, 0.2) is 0 Å². The second-order valence-corrected chi connectivity index (χ2v) is 8.51. The molecule has 1 fully saturated rings. The van der Waals surface area contributed by atoms with E-state index in [2.05, 4.69) is 71.0 Å². The van der Waals surface area contributed by atoms with Crippen molar-refractivity contribution < 1.29 is 0 Å². The van der Waals surface area contributed by atoms with E-state index in [1.807, 2.05) is 18.3 Å². The summed E-state index contributed by atoms with van der Waals surface area (Å²) < 4.78 is 2.24. The smallest absolute Gasteiger partial charge is 0.0685 e. The summed E-state index contributed by atoms with van der Waals surface area (Å²) in [7, 11) is 0. The number of aromatic nitrogens is 2. The molecule has 3 aromatic rings. The predicted octanol–water partition coefficient (Wildman–Crippen LogP) is 6.16. The Kier molecular flexibility index (Phi) is 5.84. The summed E-state index contributed by atoms with van der Waals surface area (Å²) in [5.74, 6) is 0.559. The van der Waals surface area contributed by atoms with Crippen molar-refractivity contribution in [3.05, 3.63) is 76.9 Å². The molecule has 0 saturated carbocycles. The van der Waals surface area contributed by atoms with E-state index in [9.17, 15) is 0 Å². The number of benzene rings is 2. The summed E-state index contributed by atoms with van der Waals surface area (Å²) in [5, 5.41) is 5.48. The first-order chi connectivity index (χ1) is 13.6. The lowest BCUT2D eigenvalue weighted by atomic mass is 10.00. The molecule has 28 heavy (non-hydrogen) atoms. The van der Waals surface area contributed by atoms with Gasteiger partial charge in [0.25, 0.3) is 0 Å². The summed E-state index contributed by atoms with van der Waals surface area (Å²) in [6, 6.07) is 19.8. The molecule has 1 aliphatic heterocycles. The molecular weight excluding hydrogens is 366 g/mol. The molecule has 0 aliphatic carbocycles. The number of hydrogen-bond donors (Lipinski definition) is 0. The van der Waals surface area contributed by atoms with Crippen molar-refractivity contribution in [2.24, 2.45) is 0 Å². The zero-order valence-electron chi connectivity index (χ0n) is 16.7. The van der Waals surface area contributed by atoms with Crippen molar-refractivity contribution in [2.75, 3.05) is 13.1 Å². The predicted molar refractivity (Wildman–Crippen MR) is 117 cm³/mol. The third kappa shape index (κ3) is 4.31. The molecule has 1 aromatic heterocycles. The minimum absolute atomic E-state index is 0.469. The first-order valence-corrected chi connectivity index (χ1v) is 10.6. The summed E-state index contributed by atoms with van der Waals surface area (Å²) in [4.78, 5) is 2.53. The first-order valence-electron chi connectivity index (χ1n) is 10.2. The summed E-state index contributed by atoms with van der Waals surface area (Å²) >= 11 is 6.00. The van der Waals surface area contributed by atoms with Crippen LogP contribution in [-0.4, -0.2) is 27.8 Å². The van der Waals surface area contributed by atoms with E-state index >= 15 is 0 Å². The highest BCUT2D eigenvalue weighted by atomic mass is 35.5. The normalized spacial score (nSPS) is 16.0. The SMILES string of the molecule is CC(C)c1ccc(-c2ccnn2C2CCN(Cc3ccc(Cl)cc3)CC2)cc1. The van der Waals surface area contributed by atoms with Crippen LogP contribution in [0.2, 0.25) is 5.02 Å². The second-order valence-electron chi connectivity index (χ2n) is 8.07. The Labute approximate surface area is 172 Å². The van der Waals surface area contributed by atoms with Crippen molar-refractivity contribution in [3.63, 3.8) is 0 Å². The van der Waals surface area contributed by atoms with Crippen molar-refractivity contribution in [2.45, 2.75) is 45.2 Å². The number of likely N-dealkylation sites (tertiary alicyclic amines) is 1. The maximum absolute atomic E-state index is 6.00. The lowest BCUT2D eigenvalue weighted by Crippen LogP contribution is -2.34. The van der Waals surface area contributed by atoms with E-state index in [4.69, 9.17) is 11.6 Å². The van der Waals surface area contributed by atoms with Gasteiger partial charge in [-0.1, -0.05) is 61.8 Å². The van der Waals surface area contributed by atoms with Gasteiger partial charge < -0.3 is 0 Å². The Morgan fingerprint density at radius 3 is 2.29 bits per heavy atom. The first kappa shape index (κ1) is 19.2. The largest absolute Gasteiger partial charge is 0.299 e. The third-order valence-corrected chi connectivity index (χ3v) is 6.02. The van der Waals surface area contributed by atoms with Crippen molar-refractivity contribution in [3.8, 4) is 11.3 Å². The number of rotatable bonds is 5. The average Bonchev–Trinajstić information content (AvgIpc) is 3.20. The van der Waals surface area contributed by atoms with Gasteiger partial charge in [-0.05, 0) is 53.6 Å². The Morgan fingerprint density at radius 2 is 1.64 bits per heavy atom. The molecular formula is C24H28ClN3. The lowest BCUT2D eigenvalue weighted by molar-refractivity contribution is 0.174. The van der Waals surface area contributed by atoms with Gasteiger partial charge >= 0.3 is 0 Å². The van der Waals surface area contributed by atoms with Gasteiger partial charge in [-0.15, -0.1) is 0 Å². The highest BCUT2D eigenvalue weighted by Crippen LogP contribution is 2.29. The van der Waals surface area contributed by atoms with Crippen LogP contribution in [0.15, 0.2) is 60.8 Å². The second kappa shape index (κ2) is 8.50. The van der Waals surface area contributed by atoms with Crippen molar-refractivity contribution in [1.29, 1.82) is 0 Å². The quantitative estimate of drug-likeness (QED) is 0.517. The number of piperidine rings is 1. The maximum atomic E-state index is 6.00. The van der Waals surface area contributed by atoms with Crippen LogP contribution < -0.4 is 0 Å². The van der Waals surface area contributed by atoms with E-state index in [-0.39, 0.29) is 0 Å². The molecule has 0 N–H and O–H groups in total. The fourth-order valence-corrected chi connectivity index (χ4v) is 4.17. The van der Waals surface area contributed by atoms with E-state index in [0.717, 1.165) is 37.5 Å². The lowest BCUT2D eigenvalue weighted by Gasteiger charge is -2.32. The van der Waals surface area contributed by atoms with Crippen LogP contribution in [0.5, 0.6) is 0 Å². The molecule has 2 heterocycles. The molecule has 1 saturated heterocycles. The van der Waals surface area contributed by atoms with Crippen LogP contribution in [0.3, 0.4) is 0 Å². The monoisotopic (exact) mass is 393 g/mol. The standard InChI is InChI=1S/C24H28ClN3/c1-18(2)20-5-7-21(8-6-20)24-11-14-26-28(24)23-12-15-27(16-13-23)17-19-3-9-22(25)10-4-19/h3-11,14,18,23H,12-13,15-17H2,1-2H3. The number of halogens is 1. The van der Waals surface area contributed by atoms with Crippen molar-refractivity contribution in [1.82, 2.24) is 14.7 Å². The molecule has 2 aromatic carbocycles. The highest BCUT2D eigenvalue weighted by molar-refractivity contribution is 6.30. The topological polar surface area (TPSA) is 21.1 Å². The summed E-state index contributed by atoms with van der Waals surface area (Å²) in [6.45, 7) is 7.65. The molecule has 0 unspecified atom stereocenters. The van der Waals surface area contributed by atoms with Gasteiger partial charge in [-0.25, -0.2) is 0 Å². The van der Waals surface area contributed by atoms with E-state index in [1.165, 1.54) is 22.4 Å². The molecule has 0 spiro atoms. The van der Waals surface area contributed by atoms with Crippen LogP contribution in [-0.2, 0) is 6.54 Å². The van der Waals surface area contributed by atoms with Crippen LogP contribution in [0.4, 0.5) is 0 Å². The Morgan fingerprint density at radius 1 is 0.964 bits per heavy atom. The minimum atomic E-state index is 0.469. The molecule has 0 bridgehead atoms. The Balaban J connectivity index is 1.41. The van der Waals surface area contributed by atoms with E-state index in [1.54, 1.807) is 0 Å². The Hall–Kier alpha value is -2.10. The third-order valence-electron chi connectivity index (χ3n) is 5.77. The molecule has 0 amide bonds. The van der Waals surface area contributed by atoms with Gasteiger partial charge in [-0.3, -0.25) is 9.58 Å². The van der Waals surface area contributed by atoms with Gasteiger partial charge in [0, 0.05) is 30.9 Å². The van der Waals surface area contributed by atoms with Crippen LogP contribution in [0.1, 0.15) is 49.8 Å². The fourth-order valence-electron chi connectivity index (χ4n) is 4.04. The van der Waals surface area contributed by atoms with Crippen LogP contribution in [0.25, 0.3) is 11.3 Å². The molecule has 1 aliphatic rings. The molecule has 3 nitrogen and oxygen atoms in total. The van der Waals surface area contributed by atoms with Gasteiger partial charge in [-0.2, -0.15) is 5.10 Å². The van der Waals surface area contributed by atoms with Gasteiger partial charge in [0.05, 0.1) is 11.7 Å². The fraction of sp³-hybridized carbons (Fsp3) is 0.375. The van der Waals surface area contributed by atoms with E-state index < -0.39 is 0 Å². The van der Waals surface area contributed by atoms with Gasteiger partial charge in [0.1, 0.15) is 0 Å². The maximum Gasteiger partial charge on any atom is 0.0685 e. The highest BCUT2D eigenvalue weighted by Gasteiger charge is 2.23. The molecule has 0 atom stereocenters. The molecule has 4 heteroatoms. The molecule has 146 valence electrons. The molecule has 0 radical (unpaired) electrons. The summed E-state index contributed by atoms with van der Waals surface area (Å²) in [6.07, 6.45) is 4.20. The van der Waals surface area contributed by atoms with Crippen LogP contribution >= 0.6 is 11.6 Å². The van der Waals surface area contributed by atoms with Crippen LogP contribution in [0, 0.1) is 0 Å². The van der Waals surface area contributed by atoms with Gasteiger partial charge in [0.2, 0.25) is 0 Å². The molecule has 4 rings (SSSR count). The van der Waals surface area contributed by atoms with E-state index in [0.29, 0.717) is 12.0 Å². The zero-order valence-corrected chi connectivity index (χ0v) is 17.4. The van der Waals surface area contributed by atoms with Crippen molar-refractivity contribution >= 4 is 11.6 Å².